The Labute approximate surface area is 86.0 Å². The van der Waals surface area contributed by atoms with Crippen LogP contribution in [0.3, 0.4) is 0 Å². The average Bonchev–Trinajstić information content (AvgIpc) is 1.68. The number of hydrogen-bond acceptors (Lipinski definition) is 4. The van der Waals surface area contributed by atoms with E-state index in [1.165, 1.54) is 0 Å². The van der Waals surface area contributed by atoms with Crippen molar-refractivity contribution in [3.63, 3.8) is 0 Å². The molecule has 0 aromatic carbocycles. The molecule has 0 N–H and O–H groups in total. The molecule has 0 bridgehead atoms. The second-order valence-electron chi connectivity index (χ2n) is 0.585. The molecule has 0 saturated heterocycles. The van der Waals surface area contributed by atoms with Crippen molar-refractivity contribution in [2.45, 2.75) is 0 Å². The van der Waals surface area contributed by atoms with E-state index in [0.717, 1.165) is 0 Å². The molecule has 0 radical (unpaired) electrons. The van der Waals surface area contributed by atoms with E-state index >= 15 is 0 Å². The summed E-state index contributed by atoms with van der Waals surface area (Å²) in [6, 6.07) is 0. The predicted octanol–water partition coefficient (Wildman–Crippen LogP) is -2.74. The van der Waals surface area contributed by atoms with Crippen LogP contribution in [0.1, 0.15) is 0 Å². The first kappa shape index (κ1) is 12.3. The first-order chi connectivity index (χ1) is 3.12. The molecule has 0 aromatic heterocycles. The fourth-order valence-corrected chi connectivity index (χ4v) is 0.0319. The maximum absolute atomic E-state index is 10.3. The van der Waals surface area contributed by atoms with Crippen molar-refractivity contribution in [2.24, 2.45) is 0 Å². The van der Waals surface area contributed by atoms with Crippen molar-refractivity contribution in [1.82, 2.24) is 0 Å². The van der Waals surface area contributed by atoms with Crippen molar-refractivity contribution in [2.75, 3.05) is 0 Å². The van der Waals surface area contributed by atoms with Crippen LogP contribution in [-0.2, 0) is 14.0 Å². The molecule has 0 aliphatic carbocycles. The molecule has 0 fully saturated rings. The summed E-state index contributed by atoms with van der Waals surface area (Å²) in [6.45, 7) is 0. The molecular formula is F2KO4P. The maximum Gasteiger partial charge on any atom is 1.00 e. The van der Waals surface area contributed by atoms with Crippen LogP contribution in [0.15, 0.2) is 0 Å². The van der Waals surface area contributed by atoms with Crippen LogP contribution in [0.25, 0.3) is 0 Å². The van der Waals surface area contributed by atoms with Gasteiger partial charge in [0.05, 0.1) is 0 Å². The Kier molecular flexibility index (Phi) is 8.29. The average molecular weight is 172 g/mol. The summed E-state index contributed by atoms with van der Waals surface area (Å²) in [5, 5.41) is 0. The van der Waals surface area contributed by atoms with Crippen molar-refractivity contribution < 1.29 is 79.4 Å². The fourth-order valence-electron chi connectivity index (χ4n) is 0.0106. The van der Waals surface area contributed by atoms with E-state index in [1.807, 2.05) is 9.46 Å². The molecule has 0 spiro atoms. The smallest absolute Gasteiger partial charge is 0.752 e. The zero-order chi connectivity index (χ0) is 5.91. The molecule has 8 heteroatoms. The fraction of sp³-hybridized carbons (Fsp3) is 0. The van der Waals surface area contributed by atoms with Crippen LogP contribution >= 0.6 is 7.82 Å². The molecule has 0 unspecified atom stereocenters. The molecule has 0 heterocycles. The Bertz CT molecular complexity index is 86.0. The zero-order valence-corrected chi connectivity index (χ0v) is 7.85. The summed E-state index contributed by atoms with van der Waals surface area (Å²) < 4.78 is 33.8. The molecule has 0 atom stereocenters. The Hall–Kier alpha value is 1.61. The van der Waals surface area contributed by atoms with E-state index in [0.29, 0.717) is 0 Å². The molecule has 0 aromatic rings. The summed E-state index contributed by atoms with van der Waals surface area (Å²) in [5.41, 5.74) is 0. The van der Waals surface area contributed by atoms with Gasteiger partial charge in [0.1, 0.15) is 0 Å². The molecule has 8 heavy (non-hydrogen) atoms. The van der Waals surface area contributed by atoms with Crippen LogP contribution in [0.2, 0.25) is 0 Å². The van der Waals surface area contributed by atoms with Gasteiger partial charge in [-0.05, 0) is 9.05 Å². The third-order valence-electron chi connectivity index (χ3n) is 0.169. The van der Waals surface area contributed by atoms with Gasteiger partial charge in [0.15, 0.2) is 0 Å². The first-order valence-electron chi connectivity index (χ1n) is 1.04. The van der Waals surface area contributed by atoms with Crippen LogP contribution in [0.4, 0.5) is 9.05 Å². The van der Waals surface area contributed by atoms with Gasteiger partial charge in [-0.25, -0.2) is 0 Å². The third kappa shape index (κ3) is 5.74. The Morgan fingerprint density at radius 1 is 1.38 bits per heavy atom. The van der Waals surface area contributed by atoms with Crippen molar-refractivity contribution in [1.29, 1.82) is 0 Å². The summed E-state index contributed by atoms with van der Waals surface area (Å²) in [7, 11) is -5.24. The zero-order valence-electron chi connectivity index (χ0n) is 3.84. The normalized spacial score (nSPS) is 10.4. The molecule has 0 aliphatic heterocycles. The van der Waals surface area contributed by atoms with E-state index < -0.39 is 7.82 Å². The van der Waals surface area contributed by atoms with Crippen LogP contribution in [0, 0.1) is 0 Å². The predicted molar refractivity (Wildman–Crippen MR) is 12.0 cm³/mol. The summed E-state index contributed by atoms with van der Waals surface area (Å²) in [4.78, 5) is 9.20. The number of hydrogen-bond donors (Lipinski definition) is 0. The van der Waals surface area contributed by atoms with Gasteiger partial charge in [-0.1, -0.05) is 0 Å². The standard InChI is InChI=1S/F2HO4P.K/c1-5-7(3,4)6-2;/h(H,3,4);/q;+1/p-1. The van der Waals surface area contributed by atoms with Gasteiger partial charge in [0.25, 0.3) is 0 Å². The molecule has 0 saturated carbocycles. The summed E-state index contributed by atoms with van der Waals surface area (Å²) in [5.74, 6) is 0. The quantitative estimate of drug-likeness (QED) is 0.335. The van der Waals surface area contributed by atoms with Gasteiger partial charge in [0.2, 0.25) is 0 Å². The molecular weight excluding hydrogens is 172 g/mol. The minimum absolute atomic E-state index is 0. The largest absolute Gasteiger partial charge is 1.00 e. The van der Waals surface area contributed by atoms with E-state index in [-0.39, 0.29) is 51.4 Å². The Morgan fingerprint density at radius 2 is 1.62 bits per heavy atom. The minimum atomic E-state index is -5.24. The number of halogens is 2. The second-order valence-corrected chi connectivity index (χ2v) is 1.76. The van der Waals surface area contributed by atoms with Crippen LogP contribution in [0.5, 0.6) is 0 Å². The maximum atomic E-state index is 10.3. The topological polar surface area (TPSA) is 58.6 Å². The molecule has 44 valence electrons. The number of phosphoric acid groups is 1. The van der Waals surface area contributed by atoms with Crippen LogP contribution < -0.4 is 56.3 Å². The van der Waals surface area contributed by atoms with E-state index in [2.05, 4.69) is 0 Å². The number of rotatable bonds is 2. The SMILES string of the molecule is O=P([O-])(OF)OF.[K+]. The van der Waals surface area contributed by atoms with E-state index in [1.54, 1.807) is 0 Å². The Balaban J connectivity index is 0. The van der Waals surface area contributed by atoms with Crippen molar-refractivity contribution in [3.8, 4) is 0 Å². The minimum Gasteiger partial charge on any atom is -0.752 e. The van der Waals surface area contributed by atoms with Gasteiger partial charge >= 0.3 is 59.2 Å². The third-order valence-corrected chi connectivity index (χ3v) is 0.507. The van der Waals surface area contributed by atoms with Gasteiger partial charge < -0.3 is 4.89 Å². The molecule has 4 nitrogen and oxygen atoms in total. The monoisotopic (exact) mass is 172 g/mol. The molecule has 0 aliphatic rings. The van der Waals surface area contributed by atoms with Crippen LogP contribution in [-0.4, -0.2) is 0 Å². The van der Waals surface area contributed by atoms with Gasteiger partial charge in [0, 0.05) is 0 Å². The summed E-state index contributed by atoms with van der Waals surface area (Å²) in [6.07, 6.45) is 0. The van der Waals surface area contributed by atoms with Gasteiger partial charge in [-0.2, -0.15) is 0 Å². The second kappa shape index (κ2) is 5.40. The van der Waals surface area contributed by atoms with Crippen molar-refractivity contribution >= 4 is 7.82 Å². The van der Waals surface area contributed by atoms with E-state index in [9.17, 15) is 18.5 Å². The molecule has 0 amide bonds. The Morgan fingerprint density at radius 3 is 1.62 bits per heavy atom. The van der Waals surface area contributed by atoms with Crippen molar-refractivity contribution in [3.05, 3.63) is 0 Å². The summed E-state index contributed by atoms with van der Waals surface area (Å²) >= 11 is 0. The van der Waals surface area contributed by atoms with E-state index in [4.69, 9.17) is 0 Å². The van der Waals surface area contributed by atoms with Gasteiger partial charge in [-0.3, -0.25) is 4.57 Å². The first-order valence-corrected chi connectivity index (χ1v) is 2.50. The van der Waals surface area contributed by atoms with Gasteiger partial charge in [-0.15, -0.1) is 9.46 Å². The molecule has 0 rings (SSSR count).